The number of ether oxygens (including phenoxy) is 2. The largest absolute Gasteiger partial charge is 0.444 e. The molecule has 0 aliphatic carbocycles. The lowest BCUT2D eigenvalue weighted by Gasteiger charge is -2.31. The van der Waals surface area contributed by atoms with Gasteiger partial charge >= 0.3 is 6.09 Å². The van der Waals surface area contributed by atoms with Crippen LogP contribution < -0.4 is 5.32 Å². The Bertz CT molecular complexity index is 508. The van der Waals surface area contributed by atoms with Crippen LogP contribution in [0.3, 0.4) is 0 Å². The van der Waals surface area contributed by atoms with Crippen molar-refractivity contribution in [3.63, 3.8) is 0 Å². The van der Waals surface area contributed by atoms with E-state index in [1.54, 1.807) is 0 Å². The normalized spacial score (nSPS) is 17.6. The Morgan fingerprint density at radius 3 is 2.48 bits per heavy atom. The van der Waals surface area contributed by atoms with Crippen LogP contribution >= 0.6 is 15.9 Å². The Kier molecular flexibility index (Phi) is 6.44. The molecular weight excluding hydrogens is 360 g/mol. The van der Waals surface area contributed by atoms with E-state index in [0.717, 1.165) is 42.9 Å². The number of rotatable bonds is 4. The maximum atomic E-state index is 12.2. The summed E-state index contributed by atoms with van der Waals surface area (Å²) in [5, 5.41) is 3.00. The maximum absolute atomic E-state index is 12.2. The van der Waals surface area contributed by atoms with E-state index in [1.807, 2.05) is 45.0 Å². The van der Waals surface area contributed by atoms with Gasteiger partial charge in [-0.05, 0) is 38.5 Å². The highest BCUT2D eigenvalue weighted by Crippen LogP contribution is 2.19. The number of alkyl carbamates (subject to hydrolysis) is 1. The molecule has 5 nitrogen and oxygen atoms in total. The van der Waals surface area contributed by atoms with E-state index in [0.29, 0.717) is 0 Å². The Morgan fingerprint density at radius 2 is 1.91 bits per heavy atom. The summed E-state index contributed by atoms with van der Waals surface area (Å²) in [6.45, 7) is 9.56. The average Bonchev–Trinajstić information content (AvgIpc) is 2.46. The summed E-state index contributed by atoms with van der Waals surface area (Å²) in [7, 11) is 0. The van der Waals surface area contributed by atoms with Crippen LogP contribution in [0, 0.1) is 0 Å². The standard InChI is InChI=1S/C17H25BrN2O3/c1-17(2,3)23-16(21)19-15(12-20-8-10-22-11-9-20)13-4-6-14(18)7-5-13/h4-7,15H,8-12H2,1-3H3,(H,19,21)/t15-/m0/s1. The first-order chi connectivity index (χ1) is 10.8. The fourth-order valence-corrected chi connectivity index (χ4v) is 2.69. The molecule has 1 fully saturated rings. The molecule has 0 saturated carbocycles. The van der Waals surface area contributed by atoms with Gasteiger partial charge in [-0.15, -0.1) is 0 Å². The van der Waals surface area contributed by atoms with E-state index in [4.69, 9.17) is 9.47 Å². The van der Waals surface area contributed by atoms with Gasteiger partial charge in [-0.25, -0.2) is 4.79 Å². The quantitative estimate of drug-likeness (QED) is 0.864. The molecule has 2 rings (SSSR count). The molecule has 128 valence electrons. The van der Waals surface area contributed by atoms with Crippen molar-refractivity contribution < 1.29 is 14.3 Å². The smallest absolute Gasteiger partial charge is 0.408 e. The zero-order valence-electron chi connectivity index (χ0n) is 14.0. The van der Waals surface area contributed by atoms with Crippen LogP contribution in [0.5, 0.6) is 0 Å². The summed E-state index contributed by atoms with van der Waals surface area (Å²) >= 11 is 3.44. The van der Waals surface area contributed by atoms with Crippen molar-refractivity contribution in [1.82, 2.24) is 10.2 Å². The molecule has 0 aromatic heterocycles. The van der Waals surface area contributed by atoms with Gasteiger partial charge in [-0.1, -0.05) is 28.1 Å². The summed E-state index contributed by atoms with van der Waals surface area (Å²) in [5.41, 5.74) is 0.554. The van der Waals surface area contributed by atoms with Crippen LogP contribution in [-0.4, -0.2) is 49.4 Å². The van der Waals surface area contributed by atoms with Gasteiger partial charge in [-0.2, -0.15) is 0 Å². The first-order valence-electron chi connectivity index (χ1n) is 7.88. The number of hydrogen-bond acceptors (Lipinski definition) is 4. The third-order valence-corrected chi connectivity index (χ3v) is 4.04. The number of hydrogen-bond donors (Lipinski definition) is 1. The number of nitrogens with one attached hydrogen (secondary N) is 1. The number of halogens is 1. The lowest BCUT2D eigenvalue weighted by Crippen LogP contribution is -2.44. The van der Waals surface area contributed by atoms with E-state index in [9.17, 15) is 4.79 Å². The van der Waals surface area contributed by atoms with Gasteiger partial charge in [0, 0.05) is 24.1 Å². The van der Waals surface area contributed by atoms with Crippen molar-refractivity contribution in [2.24, 2.45) is 0 Å². The van der Waals surface area contributed by atoms with Crippen LogP contribution in [0.25, 0.3) is 0 Å². The summed E-state index contributed by atoms with van der Waals surface area (Å²) in [6.07, 6.45) is -0.390. The molecule has 1 N–H and O–H groups in total. The number of morpholine rings is 1. The van der Waals surface area contributed by atoms with Gasteiger partial charge < -0.3 is 14.8 Å². The number of nitrogens with zero attached hydrogens (tertiary/aromatic N) is 1. The highest BCUT2D eigenvalue weighted by Gasteiger charge is 2.23. The molecule has 23 heavy (non-hydrogen) atoms. The fraction of sp³-hybridized carbons (Fsp3) is 0.588. The second-order valence-electron chi connectivity index (χ2n) is 6.66. The van der Waals surface area contributed by atoms with E-state index >= 15 is 0 Å². The van der Waals surface area contributed by atoms with Crippen molar-refractivity contribution in [3.8, 4) is 0 Å². The molecular formula is C17H25BrN2O3. The molecule has 1 aromatic carbocycles. The molecule has 1 aliphatic rings. The zero-order chi connectivity index (χ0) is 16.9. The number of amides is 1. The Balaban J connectivity index is 2.06. The highest BCUT2D eigenvalue weighted by atomic mass is 79.9. The molecule has 0 spiro atoms. The number of benzene rings is 1. The van der Waals surface area contributed by atoms with E-state index in [-0.39, 0.29) is 6.04 Å². The minimum atomic E-state index is -0.507. The van der Waals surface area contributed by atoms with Gasteiger partial charge in [0.15, 0.2) is 0 Å². The monoisotopic (exact) mass is 384 g/mol. The predicted molar refractivity (Wildman–Crippen MR) is 93.5 cm³/mol. The Hall–Kier alpha value is -1.11. The van der Waals surface area contributed by atoms with Crippen molar-refractivity contribution in [3.05, 3.63) is 34.3 Å². The SMILES string of the molecule is CC(C)(C)OC(=O)N[C@@H](CN1CCOCC1)c1ccc(Br)cc1. The zero-order valence-corrected chi connectivity index (χ0v) is 15.6. The molecule has 1 saturated heterocycles. The van der Waals surface area contributed by atoms with Crippen LogP contribution in [0.4, 0.5) is 4.79 Å². The predicted octanol–water partition coefficient (Wildman–Crippen LogP) is 3.35. The van der Waals surface area contributed by atoms with Crippen molar-refractivity contribution >= 4 is 22.0 Å². The van der Waals surface area contributed by atoms with Gasteiger partial charge in [0.25, 0.3) is 0 Å². The molecule has 1 aliphatic heterocycles. The van der Waals surface area contributed by atoms with Crippen LogP contribution in [0.15, 0.2) is 28.7 Å². The molecule has 6 heteroatoms. The number of carbonyl (C=O) groups is 1. The molecule has 0 radical (unpaired) electrons. The van der Waals surface area contributed by atoms with E-state index in [1.165, 1.54) is 0 Å². The topological polar surface area (TPSA) is 50.8 Å². The number of carbonyl (C=O) groups excluding carboxylic acids is 1. The van der Waals surface area contributed by atoms with Crippen molar-refractivity contribution in [2.45, 2.75) is 32.4 Å². The molecule has 1 heterocycles. The van der Waals surface area contributed by atoms with E-state index in [2.05, 4.69) is 26.1 Å². The average molecular weight is 385 g/mol. The van der Waals surface area contributed by atoms with Crippen LogP contribution in [-0.2, 0) is 9.47 Å². The summed E-state index contributed by atoms with van der Waals surface area (Å²) in [4.78, 5) is 14.5. The van der Waals surface area contributed by atoms with Crippen LogP contribution in [0.1, 0.15) is 32.4 Å². The molecule has 0 bridgehead atoms. The Labute approximate surface area is 146 Å². The molecule has 1 aromatic rings. The summed E-state index contributed by atoms with van der Waals surface area (Å²) in [6, 6.07) is 7.90. The minimum absolute atomic E-state index is 0.115. The molecule has 1 amide bonds. The second kappa shape index (κ2) is 8.13. The second-order valence-corrected chi connectivity index (χ2v) is 7.58. The van der Waals surface area contributed by atoms with Gasteiger partial charge in [0.2, 0.25) is 0 Å². The minimum Gasteiger partial charge on any atom is -0.444 e. The van der Waals surface area contributed by atoms with Crippen molar-refractivity contribution in [1.29, 1.82) is 0 Å². The molecule has 0 unspecified atom stereocenters. The highest BCUT2D eigenvalue weighted by molar-refractivity contribution is 9.10. The Morgan fingerprint density at radius 1 is 1.30 bits per heavy atom. The maximum Gasteiger partial charge on any atom is 0.408 e. The van der Waals surface area contributed by atoms with Crippen LogP contribution in [0.2, 0.25) is 0 Å². The lowest BCUT2D eigenvalue weighted by molar-refractivity contribution is 0.0288. The first kappa shape index (κ1) is 18.2. The third-order valence-electron chi connectivity index (χ3n) is 3.51. The molecule has 1 atom stereocenters. The lowest BCUT2D eigenvalue weighted by atomic mass is 10.1. The first-order valence-corrected chi connectivity index (χ1v) is 8.68. The van der Waals surface area contributed by atoms with Gasteiger partial charge in [-0.3, -0.25) is 4.90 Å². The van der Waals surface area contributed by atoms with Gasteiger partial charge in [0.05, 0.1) is 19.3 Å². The summed E-state index contributed by atoms with van der Waals surface area (Å²) in [5.74, 6) is 0. The van der Waals surface area contributed by atoms with E-state index < -0.39 is 11.7 Å². The summed E-state index contributed by atoms with van der Waals surface area (Å²) < 4.78 is 11.8. The third kappa shape index (κ3) is 6.49. The fourth-order valence-electron chi connectivity index (χ4n) is 2.42. The van der Waals surface area contributed by atoms with Crippen molar-refractivity contribution in [2.75, 3.05) is 32.8 Å². The van der Waals surface area contributed by atoms with Gasteiger partial charge in [0.1, 0.15) is 5.60 Å².